The van der Waals surface area contributed by atoms with Gasteiger partial charge in [0.2, 0.25) is 0 Å². The first kappa shape index (κ1) is 21.8. The summed E-state index contributed by atoms with van der Waals surface area (Å²) in [5.74, 6) is 0.987. The number of nitrogens with one attached hydrogen (secondary N) is 3. The van der Waals surface area contributed by atoms with Crippen LogP contribution in [-0.2, 0) is 18.4 Å². The molecule has 0 spiro atoms. The number of aromatic nitrogens is 3. The maximum absolute atomic E-state index is 4.72. The number of hydrogen-bond donors (Lipinski definition) is 3. The van der Waals surface area contributed by atoms with E-state index in [2.05, 4.69) is 76.1 Å². The number of aromatic amines is 1. The molecule has 1 aliphatic carbocycles. The van der Waals surface area contributed by atoms with Gasteiger partial charge in [-0.05, 0) is 61.6 Å². The highest BCUT2D eigenvalue weighted by Gasteiger charge is 2.29. The van der Waals surface area contributed by atoms with Gasteiger partial charge in [0.05, 0.1) is 23.3 Å². The van der Waals surface area contributed by atoms with E-state index in [1.54, 1.807) is 0 Å². The predicted molar refractivity (Wildman–Crippen MR) is 134 cm³/mol. The van der Waals surface area contributed by atoms with Gasteiger partial charge in [-0.15, -0.1) is 0 Å². The fraction of sp³-hybridized carbons (Fsp3) is 0.357. The molecule has 5 rings (SSSR count). The lowest BCUT2D eigenvalue weighted by atomic mass is 9.78. The average Bonchev–Trinajstić information content (AvgIpc) is 3.29. The molecule has 33 heavy (non-hydrogen) atoms. The second-order valence-corrected chi connectivity index (χ2v) is 9.43. The quantitative estimate of drug-likeness (QED) is 0.319. The molecular weight excluding hydrogens is 406 g/mol. The normalized spacial score (nSPS) is 17.5. The second kappa shape index (κ2) is 9.86. The van der Waals surface area contributed by atoms with E-state index in [9.17, 15) is 0 Å². The Labute approximate surface area is 196 Å². The van der Waals surface area contributed by atoms with Gasteiger partial charge < -0.3 is 15.6 Å². The molecule has 2 aromatic carbocycles. The van der Waals surface area contributed by atoms with Crippen molar-refractivity contribution in [2.75, 3.05) is 13.1 Å². The monoisotopic (exact) mass is 439 g/mol. The fourth-order valence-electron chi connectivity index (χ4n) is 4.99. The first-order valence-corrected chi connectivity index (χ1v) is 12.1. The van der Waals surface area contributed by atoms with Crippen molar-refractivity contribution in [2.24, 2.45) is 0 Å². The van der Waals surface area contributed by atoms with Crippen LogP contribution in [0.4, 0.5) is 0 Å². The van der Waals surface area contributed by atoms with Crippen molar-refractivity contribution in [1.82, 2.24) is 25.6 Å². The Morgan fingerprint density at radius 3 is 2.76 bits per heavy atom. The Hall–Kier alpha value is -3.02. The van der Waals surface area contributed by atoms with Crippen LogP contribution in [0.5, 0.6) is 0 Å². The number of nitrogens with zero attached hydrogens (tertiary/aromatic N) is 2. The van der Waals surface area contributed by atoms with Crippen LogP contribution in [-0.4, -0.2) is 28.0 Å². The lowest BCUT2D eigenvalue weighted by molar-refractivity contribution is 0.346. The zero-order chi connectivity index (χ0) is 22.5. The van der Waals surface area contributed by atoms with Gasteiger partial charge in [0.15, 0.2) is 0 Å². The van der Waals surface area contributed by atoms with Crippen LogP contribution in [0.3, 0.4) is 0 Å². The fourth-order valence-corrected chi connectivity index (χ4v) is 4.99. The largest absolute Gasteiger partial charge is 0.341 e. The molecule has 2 atom stereocenters. The number of fused-ring (bicyclic) bond motifs is 2. The van der Waals surface area contributed by atoms with E-state index < -0.39 is 0 Å². The van der Waals surface area contributed by atoms with E-state index in [0.29, 0.717) is 6.04 Å². The van der Waals surface area contributed by atoms with Gasteiger partial charge in [-0.25, -0.2) is 4.98 Å². The molecule has 2 heterocycles. The molecule has 4 aromatic rings. The first-order chi connectivity index (χ1) is 16.2. The number of aryl methyl sites for hydroxylation is 1. The third-order valence-corrected chi connectivity index (χ3v) is 6.99. The third-order valence-electron chi connectivity index (χ3n) is 6.99. The molecule has 2 aromatic heterocycles. The summed E-state index contributed by atoms with van der Waals surface area (Å²) in [5.41, 5.74) is 6.15. The number of H-pyrrole nitrogens is 1. The first-order valence-electron chi connectivity index (χ1n) is 12.1. The second-order valence-electron chi connectivity index (χ2n) is 9.43. The molecule has 5 heteroatoms. The van der Waals surface area contributed by atoms with Gasteiger partial charge in [0, 0.05) is 24.2 Å². The zero-order valence-electron chi connectivity index (χ0n) is 19.3. The molecule has 1 aliphatic rings. The molecule has 0 radical (unpaired) electrons. The molecule has 0 fully saturated rings. The highest BCUT2D eigenvalue weighted by atomic mass is 15.0. The van der Waals surface area contributed by atoms with Gasteiger partial charge >= 0.3 is 0 Å². The van der Waals surface area contributed by atoms with E-state index in [1.165, 1.54) is 23.2 Å². The Morgan fingerprint density at radius 2 is 1.88 bits per heavy atom. The Bertz CT molecular complexity index is 1150. The molecule has 170 valence electrons. The molecule has 0 saturated carbocycles. The Kier molecular flexibility index (Phi) is 6.51. The van der Waals surface area contributed by atoms with E-state index in [-0.39, 0.29) is 5.41 Å². The summed E-state index contributed by atoms with van der Waals surface area (Å²) in [6, 6.07) is 23.7. The van der Waals surface area contributed by atoms with Crippen LogP contribution in [0.1, 0.15) is 54.9 Å². The summed E-state index contributed by atoms with van der Waals surface area (Å²) >= 11 is 0. The minimum atomic E-state index is 0.0223. The number of para-hydroxylation sites is 2. The van der Waals surface area contributed by atoms with Crippen LogP contribution >= 0.6 is 0 Å². The van der Waals surface area contributed by atoms with E-state index >= 15 is 0 Å². The van der Waals surface area contributed by atoms with Crippen LogP contribution in [0.2, 0.25) is 0 Å². The van der Waals surface area contributed by atoms with Crippen LogP contribution < -0.4 is 10.6 Å². The number of hydrogen-bond acceptors (Lipinski definition) is 4. The minimum Gasteiger partial charge on any atom is -0.341 e. The molecule has 0 aliphatic heterocycles. The van der Waals surface area contributed by atoms with Gasteiger partial charge in [0.25, 0.3) is 0 Å². The Balaban J connectivity index is 1.24. The van der Waals surface area contributed by atoms with Crippen molar-refractivity contribution in [3.63, 3.8) is 0 Å². The van der Waals surface area contributed by atoms with Gasteiger partial charge in [-0.3, -0.25) is 4.98 Å². The van der Waals surface area contributed by atoms with Gasteiger partial charge in [-0.2, -0.15) is 0 Å². The summed E-state index contributed by atoms with van der Waals surface area (Å²) in [5, 5.41) is 7.49. The molecule has 3 N–H and O–H groups in total. The SMILES string of the molecule is CC(CCNCc1nc2ccccc2[nH]1)(CNC1CCCc2cccnc21)c1ccccc1. The zero-order valence-corrected chi connectivity index (χ0v) is 19.3. The summed E-state index contributed by atoms with van der Waals surface area (Å²) in [4.78, 5) is 12.8. The molecule has 2 unspecified atom stereocenters. The van der Waals surface area contributed by atoms with Crippen LogP contribution in [0, 0.1) is 0 Å². The van der Waals surface area contributed by atoms with Crippen molar-refractivity contribution in [3.8, 4) is 0 Å². The lowest BCUT2D eigenvalue weighted by Gasteiger charge is -2.34. The van der Waals surface area contributed by atoms with Crippen molar-refractivity contribution < 1.29 is 0 Å². The van der Waals surface area contributed by atoms with Crippen molar-refractivity contribution in [3.05, 3.63) is 95.6 Å². The van der Waals surface area contributed by atoms with Crippen molar-refractivity contribution >= 4 is 11.0 Å². The molecule has 5 nitrogen and oxygen atoms in total. The van der Waals surface area contributed by atoms with Gasteiger partial charge in [-0.1, -0.05) is 55.5 Å². The Morgan fingerprint density at radius 1 is 1.03 bits per heavy atom. The topological polar surface area (TPSA) is 65.6 Å². The standard InChI is InChI=1S/C28H33N5/c1-28(22-11-3-2-4-12-22,20-31-25-15-7-9-21-10-8-17-30-27(21)25)16-18-29-19-26-32-23-13-5-6-14-24(23)33-26/h2-6,8,10-14,17,25,29,31H,7,9,15-16,18-20H2,1H3,(H,32,33). The average molecular weight is 440 g/mol. The summed E-state index contributed by atoms with van der Waals surface area (Å²) in [6.45, 7) is 4.96. The summed E-state index contributed by atoms with van der Waals surface area (Å²) in [7, 11) is 0. The smallest absolute Gasteiger partial charge is 0.121 e. The van der Waals surface area contributed by atoms with Gasteiger partial charge in [0.1, 0.15) is 5.82 Å². The van der Waals surface area contributed by atoms with E-state index in [1.807, 2.05) is 24.4 Å². The highest BCUT2D eigenvalue weighted by Crippen LogP contribution is 2.31. The number of pyridine rings is 1. The maximum atomic E-state index is 4.72. The molecule has 0 amide bonds. The number of imidazole rings is 1. The van der Waals surface area contributed by atoms with Crippen LogP contribution in [0.15, 0.2) is 72.9 Å². The van der Waals surface area contributed by atoms with E-state index in [0.717, 1.165) is 55.8 Å². The highest BCUT2D eigenvalue weighted by molar-refractivity contribution is 5.74. The van der Waals surface area contributed by atoms with Crippen molar-refractivity contribution in [2.45, 2.75) is 50.6 Å². The molecular formula is C28H33N5. The minimum absolute atomic E-state index is 0.0223. The number of benzene rings is 2. The van der Waals surface area contributed by atoms with Crippen molar-refractivity contribution in [1.29, 1.82) is 0 Å². The summed E-state index contributed by atoms with van der Waals surface area (Å²) in [6.07, 6.45) is 6.48. The predicted octanol–water partition coefficient (Wildman–Crippen LogP) is 5.06. The molecule has 0 bridgehead atoms. The maximum Gasteiger partial charge on any atom is 0.121 e. The van der Waals surface area contributed by atoms with Crippen LogP contribution in [0.25, 0.3) is 11.0 Å². The third kappa shape index (κ3) is 5.00. The lowest BCUT2D eigenvalue weighted by Crippen LogP contribution is -2.40. The number of rotatable bonds is 9. The summed E-state index contributed by atoms with van der Waals surface area (Å²) < 4.78 is 0. The molecule has 0 saturated heterocycles. The van der Waals surface area contributed by atoms with E-state index in [4.69, 9.17) is 4.98 Å².